The maximum absolute atomic E-state index is 13.3. The molecule has 1 saturated heterocycles. The number of hydrogen-bond acceptors (Lipinski definition) is 4. The Labute approximate surface area is 202 Å². The number of carbonyl (C=O) groups is 1. The number of rotatable bonds is 6. The summed E-state index contributed by atoms with van der Waals surface area (Å²) in [5.41, 5.74) is -0.832. The lowest BCUT2D eigenvalue weighted by Gasteiger charge is -2.32. The molecule has 0 saturated carbocycles. The number of alkyl halides is 3. The Morgan fingerprint density at radius 1 is 1.09 bits per heavy atom. The average molecular weight is 496 g/mol. The molecule has 1 aliphatic rings. The SMILES string of the molecule is CC1(C)OB(C(=Cc2ccc(Cl)c(C(F)(F)F)c2)CNC(=O)OCc2ccccc2)OC1(C)C. The highest BCUT2D eigenvalue weighted by Crippen LogP contribution is 2.39. The monoisotopic (exact) mass is 495 g/mol. The van der Waals surface area contributed by atoms with E-state index in [-0.39, 0.29) is 18.7 Å². The van der Waals surface area contributed by atoms with Crippen molar-refractivity contribution in [3.05, 3.63) is 75.7 Å². The first-order valence-corrected chi connectivity index (χ1v) is 11.0. The van der Waals surface area contributed by atoms with Gasteiger partial charge in [-0.3, -0.25) is 0 Å². The topological polar surface area (TPSA) is 56.8 Å². The molecule has 0 bridgehead atoms. The van der Waals surface area contributed by atoms with Gasteiger partial charge < -0.3 is 19.4 Å². The van der Waals surface area contributed by atoms with Crippen molar-refractivity contribution in [2.45, 2.75) is 51.7 Å². The van der Waals surface area contributed by atoms with Crippen molar-refractivity contribution in [3.63, 3.8) is 0 Å². The third-order valence-corrected chi connectivity index (χ3v) is 6.18. The molecule has 34 heavy (non-hydrogen) atoms. The van der Waals surface area contributed by atoms with Crippen molar-refractivity contribution >= 4 is 30.9 Å². The average Bonchev–Trinajstić information content (AvgIpc) is 2.97. The molecular formula is C24H26BClF3NO4. The van der Waals surface area contributed by atoms with Crippen LogP contribution < -0.4 is 5.32 Å². The first-order chi connectivity index (χ1) is 15.8. The first-order valence-electron chi connectivity index (χ1n) is 10.7. The van der Waals surface area contributed by atoms with E-state index in [0.29, 0.717) is 5.47 Å². The summed E-state index contributed by atoms with van der Waals surface area (Å²) in [4.78, 5) is 12.3. The normalized spacial score (nSPS) is 17.5. The molecule has 1 N–H and O–H groups in total. The maximum Gasteiger partial charge on any atom is 0.492 e. The van der Waals surface area contributed by atoms with E-state index >= 15 is 0 Å². The Morgan fingerprint density at radius 2 is 1.71 bits per heavy atom. The second-order valence-electron chi connectivity index (χ2n) is 8.96. The predicted molar refractivity (Wildman–Crippen MR) is 125 cm³/mol. The molecule has 1 heterocycles. The fourth-order valence-electron chi connectivity index (χ4n) is 3.21. The van der Waals surface area contributed by atoms with Crippen LogP contribution in [-0.4, -0.2) is 31.0 Å². The summed E-state index contributed by atoms with van der Waals surface area (Å²) < 4.78 is 57.3. The van der Waals surface area contributed by atoms with Gasteiger partial charge in [-0.05, 0) is 56.4 Å². The van der Waals surface area contributed by atoms with Gasteiger partial charge in [0.1, 0.15) is 6.61 Å². The van der Waals surface area contributed by atoms with Crippen LogP contribution in [0.15, 0.2) is 54.0 Å². The van der Waals surface area contributed by atoms with E-state index in [9.17, 15) is 18.0 Å². The van der Waals surface area contributed by atoms with Gasteiger partial charge in [0.15, 0.2) is 0 Å². The summed E-state index contributed by atoms with van der Waals surface area (Å²) in [6, 6.07) is 12.7. The highest BCUT2D eigenvalue weighted by molar-refractivity contribution is 6.56. The number of amides is 1. The fraction of sp³-hybridized carbons (Fsp3) is 0.375. The fourth-order valence-corrected chi connectivity index (χ4v) is 3.43. The van der Waals surface area contributed by atoms with Crippen LogP contribution in [0.1, 0.15) is 44.4 Å². The van der Waals surface area contributed by atoms with E-state index in [1.54, 1.807) is 0 Å². The molecule has 3 rings (SSSR count). The molecule has 0 aromatic heterocycles. The number of halogens is 4. The quantitative estimate of drug-likeness (QED) is 0.478. The van der Waals surface area contributed by atoms with Gasteiger partial charge in [-0.15, -0.1) is 0 Å². The van der Waals surface area contributed by atoms with Crippen LogP contribution in [0, 0.1) is 0 Å². The van der Waals surface area contributed by atoms with E-state index in [1.165, 1.54) is 18.2 Å². The zero-order valence-corrected chi connectivity index (χ0v) is 20.1. The molecule has 10 heteroatoms. The number of carbonyl (C=O) groups excluding carboxylic acids is 1. The van der Waals surface area contributed by atoms with Gasteiger partial charge in [0, 0.05) is 6.54 Å². The van der Waals surface area contributed by atoms with Gasteiger partial charge in [-0.1, -0.05) is 54.1 Å². The number of nitrogens with one attached hydrogen (secondary N) is 1. The molecule has 0 radical (unpaired) electrons. The molecule has 2 aromatic carbocycles. The van der Waals surface area contributed by atoms with Crippen molar-refractivity contribution in [2.75, 3.05) is 6.54 Å². The number of hydrogen-bond donors (Lipinski definition) is 1. The van der Waals surface area contributed by atoms with Gasteiger partial charge >= 0.3 is 19.4 Å². The maximum atomic E-state index is 13.3. The number of benzene rings is 2. The highest BCUT2D eigenvalue weighted by atomic mass is 35.5. The molecule has 1 aliphatic heterocycles. The largest absolute Gasteiger partial charge is 0.492 e. The molecule has 182 valence electrons. The summed E-state index contributed by atoms with van der Waals surface area (Å²) in [5.74, 6) is 0. The van der Waals surface area contributed by atoms with Crippen molar-refractivity contribution in [3.8, 4) is 0 Å². The van der Waals surface area contributed by atoms with Crippen LogP contribution in [0.5, 0.6) is 0 Å². The Morgan fingerprint density at radius 3 is 2.29 bits per heavy atom. The summed E-state index contributed by atoms with van der Waals surface area (Å²) in [7, 11) is -0.885. The highest BCUT2D eigenvalue weighted by Gasteiger charge is 2.52. The molecular weight excluding hydrogens is 470 g/mol. The number of ether oxygens (including phenoxy) is 1. The molecule has 0 atom stereocenters. The van der Waals surface area contributed by atoms with Crippen LogP contribution in [0.4, 0.5) is 18.0 Å². The van der Waals surface area contributed by atoms with Crippen molar-refractivity contribution in [2.24, 2.45) is 0 Å². The minimum Gasteiger partial charge on any atom is -0.445 e. The van der Waals surface area contributed by atoms with Gasteiger partial charge in [0.05, 0.1) is 21.8 Å². The van der Waals surface area contributed by atoms with E-state index < -0.39 is 41.2 Å². The molecule has 2 aromatic rings. The lowest BCUT2D eigenvalue weighted by atomic mass is 9.77. The van der Waals surface area contributed by atoms with Crippen LogP contribution in [0.3, 0.4) is 0 Å². The van der Waals surface area contributed by atoms with Crippen LogP contribution in [0.2, 0.25) is 5.02 Å². The smallest absolute Gasteiger partial charge is 0.445 e. The van der Waals surface area contributed by atoms with Gasteiger partial charge in [0.25, 0.3) is 0 Å². The van der Waals surface area contributed by atoms with E-state index in [2.05, 4.69) is 5.32 Å². The van der Waals surface area contributed by atoms with Gasteiger partial charge in [-0.2, -0.15) is 13.2 Å². The summed E-state index contributed by atoms with van der Waals surface area (Å²) >= 11 is 5.74. The summed E-state index contributed by atoms with van der Waals surface area (Å²) in [6.45, 7) is 7.45. The molecule has 5 nitrogen and oxygen atoms in total. The Bertz CT molecular complexity index is 1040. The minimum absolute atomic E-state index is 0.0611. The van der Waals surface area contributed by atoms with Gasteiger partial charge in [0.2, 0.25) is 0 Å². The van der Waals surface area contributed by atoms with Crippen LogP contribution >= 0.6 is 11.6 Å². The zero-order valence-electron chi connectivity index (χ0n) is 19.3. The first kappa shape index (κ1) is 26.1. The predicted octanol–water partition coefficient (Wildman–Crippen LogP) is 6.30. The Kier molecular flexibility index (Phi) is 7.70. The summed E-state index contributed by atoms with van der Waals surface area (Å²) in [6.07, 6.45) is -3.80. The van der Waals surface area contributed by atoms with Crippen molar-refractivity contribution in [1.82, 2.24) is 5.32 Å². The Hall–Kier alpha value is -2.49. The molecule has 0 unspecified atom stereocenters. The van der Waals surface area contributed by atoms with Crippen molar-refractivity contribution in [1.29, 1.82) is 0 Å². The van der Waals surface area contributed by atoms with Crippen LogP contribution in [0.25, 0.3) is 6.08 Å². The second-order valence-corrected chi connectivity index (χ2v) is 9.37. The molecule has 0 aliphatic carbocycles. The second kappa shape index (κ2) is 10.0. The zero-order chi connectivity index (χ0) is 25.1. The van der Waals surface area contributed by atoms with Crippen molar-refractivity contribution < 1.29 is 32.0 Å². The van der Waals surface area contributed by atoms with E-state index in [0.717, 1.165) is 11.6 Å². The standard InChI is InChI=1S/C24H26BClF3NO4/c1-22(2)23(3,4)34-25(33-22)18(12-17-10-11-20(26)19(13-17)24(27,28)29)14-30-21(31)32-15-16-8-6-5-7-9-16/h5-13H,14-15H2,1-4H3,(H,30,31). The lowest BCUT2D eigenvalue weighted by molar-refractivity contribution is -0.137. The minimum atomic E-state index is -4.61. The van der Waals surface area contributed by atoms with E-state index in [4.69, 9.17) is 25.6 Å². The van der Waals surface area contributed by atoms with E-state index in [1.807, 2.05) is 58.0 Å². The lowest BCUT2D eigenvalue weighted by Crippen LogP contribution is -2.41. The third-order valence-electron chi connectivity index (χ3n) is 5.85. The molecule has 0 spiro atoms. The Balaban J connectivity index is 1.81. The number of alkyl carbamates (subject to hydrolysis) is 1. The molecule has 1 fully saturated rings. The summed E-state index contributed by atoms with van der Waals surface area (Å²) in [5, 5.41) is 2.22. The van der Waals surface area contributed by atoms with Gasteiger partial charge in [-0.25, -0.2) is 4.79 Å². The molecule has 1 amide bonds. The van der Waals surface area contributed by atoms with Crippen LogP contribution in [-0.2, 0) is 26.8 Å². The third kappa shape index (κ3) is 6.34.